The van der Waals surface area contributed by atoms with Gasteiger partial charge in [-0.15, -0.1) is 0 Å². The summed E-state index contributed by atoms with van der Waals surface area (Å²) in [5.41, 5.74) is 8.99. The Labute approximate surface area is 268 Å². The lowest BCUT2D eigenvalue weighted by Gasteiger charge is -2.28. The van der Waals surface area contributed by atoms with Crippen molar-refractivity contribution < 1.29 is 19.0 Å². The van der Waals surface area contributed by atoms with Gasteiger partial charge in [0.15, 0.2) is 0 Å². The van der Waals surface area contributed by atoms with Gasteiger partial charge in [0.05, 0.1) is 55.2 Å². The minimum Gasteiger partial charge on any atom is -0.495 e. The maximum atomic E-state index is 13.3. The summed E-state index contributed by atoms with van der Waals surface area (Å²) < 4.78 is 17.2. The normalized spacial score (nSPS) is 13.8. The Hall–Kier alpha value is -5.47. The van der Waals surface area contributed by atoms with E-state index in [1.165, 1.54) is 5.69 Å². The first kappa shape index (κ1) is 29.3. The highest BCUT2D eigenvalue weighted by atomic mass is 16.5. The van der Waals surface area contributed by atoms with E-state index < -0.39 is 0 Å². The standard InChI is InChI=1S/C38H36N4O4/c1-44-37-25-28(9-16-34(37)39-29-5-3-2-4-6-29)27-8-14-32-35(24-27)40-33-15-7-26(23-36(33)41-38(32)43)17-20-46-31-12-10-30(11-13-31)42-18-21-45-22-19-42/h2-16,23-25,39-40H,17-22H2,1H3,(H,41,43). The SMILES string of the molecule is COc1cc(-c2ccc3c(c2)Nc2ccc(CCOc4ccc(N5CCOCC5)cc4)cc2NC3=O)ccc1Nc1ccccc1. The fourth-order valence-corrected chi connectivity index (χ4v) is 5.83. The second-order valence-electron chi connectivity index (χ2n) is 11.3. The second-order valence-corrected chi connectivity index (χ2v) is 11.3. The van der Waals surface area contributed by atoms with Crippen LogP contribution in [-0.2, 0) is 11.2 Å². The van der Waals surface area contributed by atoms with Gasteiger partial charge in [0, 0.05) is 30.9 Å². The average molecular weight is 613 g/mol. The highest BCUT2D eigenvalue weighted by Crippen LogP contribution is 2.37. The molecule has 2 heterocycles. The van der Waals surface area contributed by atoms with Gasteiger partial charge in [-0.1, -0.05) is 36.4 Å². The minimum absolute atomic E-state index is 0.151. The van der Waals surface area contributed by atoms with Crippen molar-refractivity contribution in [2.75, 3.05) is 60.9 Å². The van der Waals surface area contributed by atoms with Gasteiger partial charge in [0.2, 0.25) is 0 Å². The van der Waals surface area contributed by atoms with Crippen LogP contribution in [0.5, 0.6) is 11.5 Å². The van der Waals surface area contributed by atoms with Crippen molar-refractivity contribution >= 4 is 40.0 Å². The predicted molar refractivity (Wildman–Crippen MR) is 185 cm³/mol. The van der Waals surface area contributed by atoms with Crippen molar-refractivity contribution in [2.45, 2.75) is 6.42 Å². The van der Waals surface area contributed by atoms with E-state index in [4.69, 9.17) is 14.2 Å². The predicted octanol–water partition coefficient (Wildman–Crippen LogP) is 7.87. The lowest BCUT2D eigenvalue weighted by atomic mass is 10.0. The first-order valence-corrected chi connectivity index (χ1v) is 15.5. The third-order valence-corrected chi connectivity index (χ3v) is 8.33. The molecule has 0 saturated carbocycles. The Balaban J connectivity index is 1.02. The van der Waals surface area contributed by atoms with Crippen LogP contribution in [0.3, 0.4) is 0 Å². The zero-order valence-corrected chi connectivity index (χ0v) is 25.7. The van der Waals surface area contributed by atoms with Crippen molar-refractivity contribution in [3.63, 3.8) is 0 Å². The first-order chi connectivity index (χ1) is 22.6. The van der Waals surface area contributed by atoms with Gasteiger partial charge < -0.3 is 35.1 Å². The maximum absolute atomic E-state index is 13.3. The molecule has 0 aliphatic carbocycles. The number of anilines is 6. The van der Waals surface area contributed by atoms with Crippen molar-refractivity contribution in [1.82, 2.24) is 0 Å². The van der Waals surface area contributed by atoms with E-state index >= 15 is 0 Å². The van der Waals surface area contributed by atoms with E-state index in [0.717, 1.165) is 82.9 Å². The van der Waals surface area contributed by atoms with Gasteiger partial charge in [-0.25, -0.2) is 0 Å². The first-order valence-electron chi connectivity index (χ1n) is 15.5. The molecule has 2 aliphatic heterocycles. The van der Waals surface area contributed by atoms with Crippen molar-refractivity contribution in [2.24, 2.45) is 0 Å². The summed E-state index contributed by atoms with van der Waals surface area (Å²) in [7, 11) is 1.67. The Kier molecular flexibility index (Phi) is 8.43. The third kappa shape index (κ3) is 6.48. The Morgan fingerprint density at radius 2 is 1.57 bits per heavy atom. The molecule has 5 aromatic rings. The number of rotatable bonds is 9. The summed E-state index contributed by atoms with van der Waals surface area (Å²) in [6.45, 7) is 3.88. The van der Waals surface area contributed by atoms with Crippen LogP contribution < -0.4 is 30.3 Å². The number of amides is 1. The van der Waals surface area contributed by atoms with E-state index in [1.54, 1.807) is 7.11 Å². The number of fused-ring (bicyclic) bond motifs is 2. The van der Waals surface area contributed by atoms with Crippen LogP contribution >= 0.6 is 0 Å². The van der Waals surface area contributed by atoms with Crippen molar-refractivity contribution in [1.29, 1.82) is 0 Å². The van der Waals surface area contributed by atoms with Crippen molar-refractivity contribution in [3.05, 3.63) is 120 Å². The molecule has 8 nitrogen and oxygen atoms in total. The van der Waals surface area contributed by atoms with Crippen LogP contribution in [0.2, 0.25) is 0 Å². The molecule has 46 heavy (non-hydrogen) atoms. The van der Waals surface area contributed by atoms with Crippen LogP contribution in [0, 0.1) is 0 Å². The summed E-state index contributed by atoms with van der Waals surface area (Å²) >= 11 is 0. The Bertz CT molecular complexity index is 1840. The highest BCUT2D eigenvalue weighted by Gasteiger charge is 2.20. The number of morpholine rings is 1. The van der Waals surface area contributed by atoms with Crippen molar-refractivity contribution in [3.8, 4) is 22.6 Å². The fraction of sp³-hybridized carbons (Fsp3) is 0.184. The number of carbonyl (C=O) groups excluding carboxylic acids is 1. The Morgan fingerprint density at radius 3 is 2.37 bits per heavy atom. The Morgan fingerprint density at radius 1 is 0.783 bits per heavy atom. The average Bonchev–Trinajstić information content (AvgIpc) is 3.24. The topological polar surface area (TPSA) is 84.1 Å². The molecular formula is C38H36N4O4. The van der Waals surface area contributed by atoms with E-state index in [-0.39, 0.29) is 5.91 Å². The van der Waals surface area contributed by atoms with Crippen LogP contribution in [0.15, 0.2) is 109 Å². The molecule has 232 valence electrons. The minimum atomic E-state index is -0.151. The molecule has 0 bridgehead atoms. The van der Waals surface area contributed by atoms with E-state index in [2.05, 4.69) is 39.0 Å². The van der Waals surface area contributed by atoms with Crippen LogP contribution in [0.25, 0.3) is 11.1 Å². The number of benzene rings is 5. The summed E-state index contributed by atoms with van der Waals surface area (Å²) in [4.78, 5) is 15.6. The number of hydrogen-bond donors (Lipinski definition) is 3. The maximum Gasteiger partial charge on any atom is 0.257 e. The zero-order chi connectivity index (χ0) is 31.3. The lowest BCUT2D eigenvalue weighted by Crippen LogP contribution is -2.36. The zero-order valence-electron chi connectivity index (χ0n) is 25.7. The quantitative estimate of drug-likeness (QED) is 0.156. The molecule has 0 unspecified atom stereocenters. The summed E-state index contributed by atoms with van der Waals surface area (Å²) in [5, 5.41) is 9.99. The monoisotopic (exact) mass is 612 g/mol. The summed E-state index contributed by atoms with van der Waals surface area (Å²) in [6, 6.07) is 36.2. The van der Waals surface area contributed by atoms with E-state index in [1.807, 2.05) is 91.0 Å². The molecule has 2 aliphatic rings. The molecule has 0 aromatic heterocycles. The van der Waals surface area contributed by atoms with Crippen LogP contribution in [0.1, 0.15) is 15.9 Å². The number of hydrogen-bond acceptors (Lipinski definition) is 7. The number of ether oxygens (including phenoxy) is 3. The van der Waals surface area contributed by atoms with Gasteiger partial charge >= 0.3 is 0 Å². The van der Waals surface area contributed by atoms with Gasteiger partial charge in [-0.2, -0.15) is 0 Å². The second kappa shape index (κ2) is 13.3. The molecule has 1 amide bonds. The fourth-order valence-electron chi connectivity index (χ4n) is 5.83. The van der Waals surface area contributed by atoms with Crippen LogP contribution in [0.4, 0.5) is 34.1 Å². The highest BCUT2D eigenvalue weighted by molar-refractivity contribution is 6.12. The molecule has 0 radical (unpaired) electrons. The lowest BCUT2D eigenvalue weighted by molar-refractivity contribution is 0.102. The molecule has 1 saturated heterocycles. The summed E-state index contributed by atoms with van der Waals surface area (Å²) in [6.07, 6.45) is 0.711. The molecular weight excluding hydrogens is 576 g/mol. The largest absolute Gasteiger partial charge is 0.495 e. The number of carbonyl (C=O) groups is 1. The molecule has 1 fully saturated rings. The van der Waals surface area contributed by atoms with Gasteiger partial charge in [0.25, 0.3) is 5.91 Å². The van der Waals surface area contributed by atoms with Gasteiger partial charge in [-0.05, 0) is 89.5 Å². The summed E-state index contributed by atoms with van der Waals surface area (Å²) in [5.74, 6) is 1.42. The molecule has 7 rings (SSSR count). The molecule has 3 N–H and O–H groups in total. The molecule has 8 heteroatoms. The molecule has 0 spiro atoms. The number of nitrogens with zero attached hydrogens (tertiary/aromatic N) is 1. The van der Waals surface area contributed by atoms with Gasteiger partial charge in [0.1, 0.15) is 11.5 Å². The van der Waals surface area contributed by atoms with Crippen LogP contribution in [-0.4, -0.2) is 45.9 Å². The van der Waals surface area contributed by atoms with E-state index in [9.17, 15) is 4.79 Å². The number of para-hydroxylation sites is 1. The third-order valence-electron chi connectivity index (χ3n) is 8.33. The molecule has 5 aromatic carbocycles. The van der Waals surface area contributed by atoms with Gasteiger partial charge in [-0.3, -0.25) is 4.79 Å². The smallest absolute Gasteiger partial charge is 0.257 e. The number of nitrogens with one attached hydrogen (secondary N) is 3. The number of methoxy groups -OCH3 is 1. The van der Waals surface area contributed by atoms with E-state index in [0.29, 0.717) is 18.6 Å². The molecule has 0 atom stereocenters.